The van der Waals surface area contributed by atoms with Crippen LogP contribution in [-0.2, 0) is 17.8 Å². The number of hydrogen-bond donors (Lipinski definition) is 3. The molecule has 1 aromatic carbocycles. The minimum Gasteiger partial charge on any atom is -0.356 e. The van der Waals surface area contributed by atoms with Crippen molar-refractivity contribution in [2.45, 2.75) is 13.0 Å². The van der Waals surface area contributed by atoms with E-state index in [4.69, 9.17) is 0 Å². The van der Waals surface area contributed by atoms with E-state index >= 15 is 0 Å². The highest BCUT2D eigenvalue weighted by Gasteiger charge is 2.06. The number of nitrogens with one attached hydrogen (secondary N) is 3. The third kappa shape index (κ3) is 7.03. The molecule has 0 radical (unpaired) electrons. The van der Waals surface area contributed by atoms with Gasteiger partial charge in [-0.3, -0.25) is 9.59 Å². The fourth-order valence-electron chi connectivity index (χ4n) is 2.38. The maximum atomic E-state index is 11.8. The van der Waals surface area contributed by atoms with Gasteiger partial charge in [0.05, 0.1) is 6.54 Å². The lowest BCUT2D eigenvalue weighted by Gasteiger charge is -2.13. The molecule has 0 atom stereocenters. The maximum absolute atomic E-state index is 11.8. The number of nitrogens with zero attached hydrogens (tertiary/aromatic N) is 2. The molecule has 0 saturated heterocycles. The van der Waals surface area contributed by atoms with Crippen molar-refractivity contribution in [3.05, 3.63) is 57.8 Å². The molecule has 8 heteroatoms. The van der Waals surface area contributed by atoms with Gasteiger partial charge in [-0.05, 0) is 35.6 Å². The van der Waals surface area contributed by atoms with Crippen molar-refractivity contribution < 1.29 is 9.59 Å². The second kappa shape index (κ2) is 11.1. The molecule has 2 aromatic rings. The normalized spacial score (nSPS) is 11.0. The molecule has 1 heterocycles. The summed E-state index contributed by atoms with van der Waals surface area (Å²) >= 11 is 1.66. The Bertz CT molecular complexity index is 803. The first kappa shape index (κ1) is 21.4. The van der Waals surface area contributed by atoms with Crippen molar-refractivity contribution in [1.82, 2.24) is 20.9 Å². The van der Waals surface area contributed by atoms with Crippen LogP contribution < -0.4 is 16.0 Å². The summed E-state index contributed by atoms with van der Waals surface area (Å²) in [6, 6.07) is 11.6. The standard InChI is InChI=1S/C20H27N5O2S/c1-21-19(27)16-7-4-6-15(12-16)9-10-22-20(24-14-18(26)25(2)3)23-13-17-8-5-11-28-17/h4-8,11-12H,9-10,13-14H2,1-3H3,(H,21,27)(H2,22,23,24). The van der Waals surface area contributed by atoms with Gasteiger partial charge in [0.2, 0.25) is 5.91 Å². The van der Waals surface area contributed by atoms with Crippen LogP contribution in [0.1, 0.15) is 20.8 Å². The molecule has 0 aliphatic heterocycles. The van der Waals surface area contributed by atoms with Crippen LogP contribution in [0, 0.1) is 0 Å². The van der Waals surface area contributed by atoms with Crippen LogP contribution in [0.15, 0.2) is 46.8 Å². The van der Waals surface area contributed by atoms with Gasteiger partial charge in [0, 0.05) is 38.1 Å². The number of aliphatic imine (C=N–C) groups is 1. The predicted octanol–water partition coefficient (Wildman–Crippen LogP) is 1.47. The highest BCUT2D eigenvalue weighted by Crippen LogP contribution is 2.07. The van der Waals surface area contributed by atoms with Crippen molar-refractivity contribution in [3.63, 3.8) is 0 Å². The Morgan fingerprint density at radius 3 is 2.64 bits per heavy atom. The van der Waals surface area contributed by atoms with Crippen LogP contribution in [0.25, 0.3) is 0 Å². The Morgan fingerprint density at radius 1 is 1.14 bits per heavy atom. The highest BCUT2D eigenvalue weighted by atomic mass is 32.1. The van der Waals surface area contributed by atoms with Crippen molar-refractivity contribution in [1.29, 1.82) is 0 Å². The monoisotopic (exact) mass is 401 g/mol. The zero-order valence-electron chi connectivity index (χ0n) is 16.5. The smallest absolute Gasteiger partial charge is 0.251 e. The lowest BCUT2D eigenvalue weighted by molar-refractivity contribution is -0.127. The van der Waals surface area contributed by atoms with E-state index in [1.54, 1.807) is 38.5 Å². The summed E-state index contributed by atoms with van der Waals surface area (Å²) in [7, 11) is 5.04. The second-order valence-electron chi connectivity index (χ2n) is 6.34. The Morgan fingerprint density at radius 2 is 1.96 bits per heavy atom. The summed E-state index contributed by atoms with van der Waals surface area (Å²) in [5.41, 5.74) is 1.69. The van der Waals surface area contributed by atoms with Crippen LogP contribution in [0.3, 0.4) is 0 Å². The van der Waals surface area contributed by atoms with Crippen LogP contribution in [0.2, 0.25) is 0 Å². The van der Waals surface area contributed by atoms with Crippen LogP contribution in [0.4, 0.5) is 0 Å². The number of guanidine groups is 1. The topological polar surface area (TPSA) is 85.8 Å². The second-order valence-corrected chi connectivity index (χ2v) is 7.37. The number of rotatable bonds is 8. The molecule has 7 nitrogen and oxygen atoms in total. The van der Waals surface area contributed by atoms with E-state index in [-0.39, 0.29) is 18.4 Å². The quantitative estimate of drug-likeness (QED) is 0.462. The molecule has 2 rings (SSSR count). The van der Waals surface area contributed by atoms with E-state index < -0.39 is 0 Å². The predicted molar refractivity (Wildman–Crippen MR) is 114 cm³/mol. The Labute approximate surface area is 169 Å². The van der Waals surface area contributed by atoms with Crippen molar-refractivity contribution in [2.24, 2.45) is 4.99 Å². The molecular formula is C20H27N5O2S. The first-order chi connectivity index (χ1) is 13.5. The first-order valence-electron chi connectivity index (χ1n) is 9.05. The number of amides is 2. The van der Waals surface area contributed by atoms with Crippen molar-refractivity contribution >= 4 is 29.1 Å². The van der Waals surface area contributed by atoms with Gasteiger partial charge in [-0.15, -0.1) is 11.3 Å². The van der Waals surface area contributed by atoms with E-state index in [9.17, 15) is 9.59 Å². The van der Waals surface area contributed by atoms with Gasteiger partial charge in [-0.1, -0.05) is 18.2 Å². The Kier molecular flexibility index (Phi) is 8.48. The number of carbonyl (C=O) groups is 2. The number of hydrogen-bond acceptors (Lipinski definition) is 4. The van der Waals surface area contributed by atoms with E-state index in [1.807, 2.05) is 35.7 Å². The average Bonchev–Trinajstić information content (AvgIpc) is 3.22. The van der Waals surface area contributed by atoms with Gasteiger partial charge in [0.25, 0.3) is 5.91 Å². The third-order valence-corrected chi connectivity index (χ3v) is 4.88. The molecule has 0 aliphatic carbocycles. The van der Waals surface area contributed by atoms with E-state index in [1.165, 1.54) is 9.78 Å². The molecule has 2 amide bonds. The Hall–Kier alpha value is -2.87. The molecule has 0 fully saturated rings. The lowest BCUT2D eigenvalue weighted by atomic mass is 10.1. The zero-order valence-corrected chi connectivity index (χ0v) is 17.3. The van der Waals surface area contributed by atoms with Crippen LogP contribution in [0.5, 0.6) is 0 Å². The Balaban J connectivity index is 1.94. The molecule has 0 bridgehead atoms. The minimum absolute atomic E-state index is 0.0597. The largest absolute Gasteiger partial charge is 0.356 e. The summed E-state index contributed by atoms with van der Waals surface area (Å²) < 4.78 is 0. The number of carbonyl (C=O) groups excluding carboxylic acids is 2. The van der Waals surface area contributed by atoms with E-state index in [2.05, 4.69) is 20.9 Å². The molecule has 0 saturated carbocycles. The van der Waals surface area contributed by atoms with Gasteiger partial charge in [-0.25, -0.2) is 4.99 Å². The van der Waals surface area contributed by atoms with Crippen molar-refractivity contribution in [3.8, 4) is 0 Å². The molecule has 3 N–H and O–H groups in total. The van der Waals surface area contributed by atoms with E-state index in [0.29, 0.717) is 24.6 Å². The number of likely N-dealkylation sites (N-methyl/N-ethyl adjacent to an activating group) is 1. The molecule has 1 aromatic heterocycles. The minimum atomic E-state index is -0.100. The zero-order chi connectivity index (χ0) is 20.4. The summed E-state index contributed by atoms with van der Waals surface area (Å²) in [5.74, 6) is 0.429. The molecule has 0 aliphatic rings. The summed E-state index contributed by atoms with van der Waals surface area (Å²) in [6.07, 6.45) is 0.728. The highest BCUT2D eigenvalue weighted by molar-refractivity contribution is 7.09. The van der Waals surface area contributed by atoms with Gasteiger partial charge in [0.1, 0.15) is 6.54 Å². The van der Waals surface area contributed by atoms with Gasteiger partial charge in [0.15, 0.2) is 5.96 Å². The van der Waals surface area contributed by atoms with Gasteiger partial charge < -0.3 is 20.9 Å². The fourth-order valence-corrected chi connectivity index (χ4v) is 3.03. The third-order valence-electron chi connectivity index (χ3n) is 4.00. The van der Waals surface area contributed by atoms with Gasteiger partial charge in [-0.2, -0.15) is 0 Å². The SMILES string of the molecule is CNC(=O)c1cccc(CCNC(=NCC(=O)N(C)C)NCc2cccs2)c1. The molecular weight excluding hydrogens is 374 g/mol. The van der Waals surface area contributed by atoms with Crippen LogP contribution >= 0.6 is 11.3 Å². The molecule has 0 spiro atoms. The summed E-state index contributed by atoms with van der Waals surface area (Å²) in [4.78, 5) is 30.7. The first-order valence-corrected chi connectivity index (χ1v) is 9.93. The molecule has 0 unspecified atom stereocenters. The van der Waals surface area contributed by atoms with Crippen molar-refractivity contribution in [2.75, 3.05) is 34.2 Å². The molecule has 150 valence electrons. The average molecular weight is 402 g/mol. The summed E-state index contributed by atoms with van der Waals surface area (Å²) in [6.45, 7) is 1.36. The maximum Gasteiger partial charge on any atom is 0.251 e. The fraction of sp³-hybridized carbons (Fsp3) is 0.350. The summed E-state index contributed by atoms with van der Waals surface area (Å²) in [5, 5.41) is 11.2. The number of benzene rings is 1. The van der Waals surface area contributed by atoms with Crippen LogP contribution in [-0.4, -0.2) is 56.9 Å². The van der Waals surface area contributed by atoms with Gasteiger partial charge >= 0.3 is 0 Å². The van der Waals surface area contributed by atoms with E-state index in [0.717, 1.165) is 12.0 Å². The number of thiophene rings is 1. The lowest BCUT2D eigenvalue weighted by Crippen LogP contribution is -2.39. The molecule has 28 heavy (non-hydrogen) atoms.